The van der Waals surface area contributed by atoms with Crippen LogP contribution in [0.15, 0.2) is 29.6 Å². The largest absolute Gasteiger partial charge is 0.494 e. The number of aromatic nitrogens is 1. The number of hydrogen-bond acceptors (Lipinski definition) is 4. The number of nitrogens with zero attached hydrogens (tertiary/aromatic N) is 1. The maximum absolute atomic E-state index is 5.61. The van der Waals surface area contributed by atoms with Crippen LogP contribution in [-0.4, -0.2) is 18.1 Å². The van der Waals surface area contributed by atoms with Crippen LogP contribution in [0.3, 0.4) is 0 Å². The number of thiazole rings is 1. The van der Waals surface area contributed by atoms with E-state index in [-0.39, 0.29) is 0 Å². The molecule has 0 saturated heterocycles. The summed E-state index contributed by atoms with van der Waals surface area (Å²) in [4.78, 5) is 4.46. The number of benzene rings is 1. The Morgan fingerprint density at radius 1 is 1.32 bits per heavy atom. The van der Waals surface area contributed by atoms with Crippen LogP contribution in [-0.2, 0) is 13.0 Å². The molecule has 1 aromatic heterocycles. The van der Waals surface area contributed by atoms with Crippen molar-refractivity contribution >= 4 is 11.3 Å². The summed E-state index contributed by atoms with van der Waals surface area (Å²) >= 11 is 1.73. The van der Waals surface area contributed by atoms with Gasteiger partial charge in [0.2, 0.25) is 0 Å². The van der Waals surface area contributed by atoms with Crippen molar-refractivity contribution in [2.24, 2.45) is 0 Å². The summed E-state index contributed by atoms with van der Waals surface area (Å²) in [6, 6.07) is 8.17. The van der Waals surface area contributed by atoms with Crippen molar-refractivity contribution in [2.75, 3.05) is 13.2 Å². The Morgan fingerprint density at radius 3 is 2.89 bits per heavy atom. The maximum Gasteiger partial charge on any atom is 0.123 e. The van der Waals surface area contributed by atoms with Crippen LogP contribution in [0.4, 0.5) is 0 Å². The molecular weight excluding hydrogens is 256 g/mol. The normalized spacial score (nSPS) is 10.6. The average Bonchev–Trinajstić information content (AvgIpc) is 2.83. The van der Waals surface area contributed by atoms with E-state index >= 15 is 0 Å². The lowest BCUT2D eigenvalue weighted by Gasteiger charge is -2.10. The molecule has 1 heterocycles. The van der Waals surface area contributed by atoms with E-state index < -0.39 is 0 Å². The van der Waals surface area contributed by atoms with Crippen LogP contribution in [0.5, 0.6) is 5.75 Å². The number of aryl methyl sites for hydroxylation is 1. The zero-order valence-corrected chi connectivity index (χ0v) is 12.3. The van der Waals surface area contributed by atoms with E-state index in [0.717, 1.165) is 31.0 Å². The zero-order valence-electron chi connectivity index (χ0n) is 11.5. The molecule has 2 aromatic rings. The topological polar surface area (TPSA) is 34.1 Å². The van der Waals surface area contributed by atoms with Gasteiger partial charge in [-0.2, -0.15) is 0 Å². The summed E-state index contributed by atoms with van der Waals surface area (Å²) in [5.74, 6) is 0.975. The van der Waals surface area contributed by atoms with Crippen LogP contribution in [0.1, 0.15) is 23.2 Å². The van der Waals surface area contributed by atoms with Crippen LogP contribution < -0.4 is 10.1 Å². The highest BCUT2D eigenvalue weighted by molar-refractivity contribution is 7.09. The van der Waals surface area contributed by atoms with Crippen LogP contribution >= 0.6 is 11.3 Å². The lowest BCUT2D eigenvalue weighted by molar-refractivity contribution is 0.335. The Labute approximate surface area is 118 Å². The maximum atomic E-state index is 5.61. The molecule has 0 bridgehead atoms. The molecule has 19 heavy (non-hydrogen) atoms. The highest BCUT2D eigenvalue weighted by Crippen LogP contribution is 2.17. The van der Waals surface area contributed by atoms with E-state index in [9.17, 15) is 0 Å². The highest BCUT2D eigenvalue weighted by Gasteiger charge is 2.02. The molecule has 0 amide bonds. The molecule has 3 nitrogen and oxygen atoms in total. The second-order valence-electron chi connectivity index (χ2n) is 4.35. The zero-order chi connectivity index (χ0) is 13.5. The second-order valence-corrected chi connectivity index (χ2v) is 5.29. The molecule has 2 rings (SSSR count). The van der Waals surface area contributed by atoms with E-state index in [1.54, 1.807) is 11.3 Å². The molecule has 0 aliphatic rings. The van der Waals surface area contributed by atoms with Gasteiger partial charge in [0.1, 0.15) is 5.75 Å². The molecule has 1 N–H and O–H groups in total. The minimum atomic E-state index is 0.704. The van der Waals surface area contributed by atoms with Gasteiger partial charge in [-0.1, -0.05) is 18.2 Å². The molecule has 0 radical (unpaired) electrons. The summed E-state index contributed by atoms with van der Waals surface area (Å²) in [5.41, 5.74) is 2.32. The fourth-order valence-electron chi connectivity index (χ4n) is 1.88. The first-order valence-electron chi connectivity index (χ1n) is 6.62. The van der Waals surface area contributed by atoms with Gasteiger partial charge in [0.25, 0.3) is 0 Å². The van der Waals surface area contributed by atoms with Gasteiger partial charge in [-0.25, -0.2) is 4.98 Å². The number of ether oxygens (including phenoxy) is 1. The van der Waals surface area contributed by atoms with Crippen LogP contribution in [0.2, 0.25) is 0 Å². The van der Waals surface area contributed by atoms with Gasteiger partial charge in [0.05, 0.1) is 11.6 Å². The molecule has 4 heteroatoms. The van der Waals surface area contributed by atoms with Crippen molar-refractivity contribution in [3.63, 3.8) is 0 Å². The predicted molar refractivity (Wildman–Crippen MR) is 79.9 cm³/mol. The van der Waals surface area contributed by atoms with Gasteiger partial charge < -0.3 is 10.1 Å². The van der Waals surface area contributed by atoms with Gasteiger partial charge in [-0.05, 0) is 19.9 Å². The van der Waals surface area contributed by atoms with Gasteiger partial charge in [-0.3, -0.25) is 0 Å². The first-order valence-corrected chi connectivity index (χ1v) is 7.50. The first-order chi connectivity index (χ1) is 9.29. The Bertz CT molecular complexity index is 510. The SMILES string of the molecule is CCOc1ccccc1CNCCc1nc(C)cs1. The standard InChI is InChI=1S/C15H20N2OS/c1-3-18-14-7-5-4-6-13(14)10-16-9-8-15-17-12(2)11-19-15/h4-7,11,16H,3,8-10H2,1-2H3. The molecule has 0 aliphatic carbocycles. The third-order valence-corrected chi connectivity index (χ3v) is 3.80. The van der Waals surface area contributed by atoms with E-state index in [2.05, 4.69) is 21.7 Å². The second kappa shape index (κ2) is 7.26. The van der Waals surface area contributed by atoms with E-state index in [1.807, 2.05) is 32.0 Å². The number of para-hydroxylation sites is 1. The first kappa shape index (κ1) is 14.0. The summed E-state index contributed by atoms with van der Waals surface area (Å²) in [7, 11) is 0. The summed E-state index contributed by atoms with van der Waals surface area (Å²) in [5, 5.41) is 6.74. The van der Waals surface area contributed by atoms with Crippen LogP contribution in [0, 0.1) is 6.92 Å². The van der Waals surface area contributed by atoms with Crippen molar-refractivity contribution in [1.29, 1.82) is 0 Å². The molecule has 0 aliphatic heterocycles. The van der Waals surface area contributed by atoms with Crippen molar-refractivity contribution < 1.29 is 4.74 Å². The minimum absolute atomic E-state index is 0.704. The molecule has 0 spiro atoms. The molecule has 0 fully saturated rings. The lowest BCUT2D eigenvalue weighted by atomic mass is 10.2. The van der Waals surface area contributed by atoms with Crippen molar-refractivity contribution in [2.45, 2.75) is 26.8 Å². The number of hydrogen-bond donors (Lipinski definition) is 1. The molecule has 1 aromatic carbocycles. The molecule has 0 unspecified atom stereocenters. The Morgan fingerprint density at radius 2 is 2.16 bits per heavy atom. The van der Waals surface area contributed by atoms with Crippen LogP contribution in [0.25, 0.3) is 0 Å². The predicted octanol–water partition coefficient (Wildman–Crippen LogP) is 3.18. The Hall–Kier alpha value is -1.39. The monoisotopic (exact) mass is 276 g/mol. The number of rotatable bonds is 7. The van der Waals surface area contributed by atoms with Crippen molar-refractivity contribution in [1.82, 2.24) is 10.3 Å². The number of nitrogens with one attached hydrogen (secondary N) is 1. The fraction of sp³-hybridized carbons (Fsp3) is 0.400. The van der Waals surface area contributed by atoms with Gasteiger partial charge >= 0.3 is 0 Å². The molecule has 0 atom stereocenters. The third kappa shape index (κ3) is 4.33. The van der Waals surface area contributed by atoms with E-state index in [1.165, 1.54) is 10.6 Å². The van der Waals surface area contributed by atoms with Crippen molar-refractivity contribution in [3.05, 3.63) is 45.9 Å². The minimum Gasteiger partial charge on any atom is -0.494 e. The average molecular weight is 276 g/mol. The lowest BCUT2D eigenvalue weighted by Crippen LogP contribution is -2.17. The summed E-state index contributed by atoms with van der Waals surface area (Å²) in [6.07, 6.45) is 0.981. The van der Waals surface area contributed by atoms with E-state index in [4.69, 9.17) is 4.74 Å². The van der Waals surface area contributed by atoms with Gasteiger partial charge in [0.15, 0.2) is 0 Å². The van der Waals surface area contributed by atoms with Gasteiger partial charge in [0, 0.05) is 36.1 Å². The Kier molecular flexibility index (Phi) is 5.36. The molecule has 0 saturated carbocycles. The fourth-order valence-corrected chi connectivity index (χ4v) is 2.66. The van der Waals surface area contributed by atoms with Gasteiger partial charge in [-0.15, -0.1) is 11.3 Å². The quantitative estimate of drug-likeness (QED) is 0.789. The Balaban J connectivity index is 1.79. The smallest absolute Gasteiger partial charge is 0.123 e. The highest BCUT2D eigenvalue weighted by atomic mass is 32.1. The third-order valence-electron chi connectivity index (χ3n) is 2.77. The summed E-state index contributed by atoms with van der Waals surface area (Å²) in [6.45, 7) is 6.52. The summed E-state index contributed by atoms with van der Waals surface area (Å²) < 4.78 is 5.61. The van der Waals surface area contributed by atoms with Crippen molar-refractivity contribution in [3.8, 4) is 5.75 Å². The molecular formula is C15H20N2OS. The molecule has 102 valence electrons. The van der Waals surface area contributed by atoms with E-state index in [0.29, 0.717) is 6.61 Å².